The van der Waals surface area contributed by atoms with E-state index in [1.165, 1.54) is 30.3 Å². The van der Waals surface area contributed by atoms with Crippen molar-refractivity contribution in [2.75, 3.05) is 36.4 Å². The average Bonchev–Trinajstić information content (AvgIpc) is 3.25. The lowest BCUT2D eigenvalue weighted by molar-refractivity contribution is -0.128. The predicted octanol–water partition coefficient (Wildman–Crippen LogP) is 2.32. The van der Waals surface area contributed by atoms with Crippen molar-refractivity contribution in [3.63, 3.8) is 0 Å². The molecule has 0 radical (unpaired) electrons. The van der Waals surface area contributed by atoms with Gasteiger partial charge in [0.05, 0.1) is 0 Å². The summed E-state index contributed by atoms with van der Waals surface area (Å²) >= 11 is 1.42. The zero-order chi connectivity index (χ0) is 17.2. The maximum Gasteiger partial charge on any atom is 0.242 e. The number of thioether (sulfide) groups is 1. The third-order valence-corrected chi connectivity index (χ3v) is 6.01. The van der Waals surface area contributed by atoms with Gasteiger partial charge >= 0.3 is 0 Å². The number of benzene rings is 1. The SMILES string of the molecule is O=C(CC1SC2=NCCCN2C1=O)Nc1ccc(N2CCCC2)cc1. The summed E-state index contributed by atoms with van der Waals surface area (Å²) in [4.78, 5) is 33.1. The van der Waals surface area contributed by atoms with Crippen LogP contribution in [0.3, 0.4) is 0 Å². The Morgan fingerprint density at radius 1 is 1.16 bits per heavy atom. The van der Waals surface area contributed by atoms with Gasteiger partial charge in [0.1, 0.15) is 5.25 Å². The number of amidine groups is 1. The summed E-state index contributed by atoms with van der Waals surface area (Å²) in [5.74, 6) is -0.108. The molecule has 3 aliphatic rings. The van der Waals surface area contributed by atoms with Gasteiger partial charge in [-0.2, -0.15) is 0 Å². The zero-order valence-electron chi connectivity index (χ0n) is 14.1. The van der Waals surface area contributed by atoms with Crippen molar-refractivity contribution < 1.29 is 9.59 Å². The Hall–Kier alpha value is -2.02. The number of aliphatic imine (C=N–C) groups is 1. The monoisotopic (exact) mass is 358 g/mol. The topological polar surface area (TPSA) is 65.0 Å². The summed E-state index contributed by atoms with van der Waals surface area (Å²) in [5.41, 5.74) is 1.98. The molecule has 0 aromatic heterocycles. The first-order valence-corrected chi connectivity index (χ1v) is 9.76. The summed E-state index contributed by atoms with van der Waals surface area (Å²) in [6, 6.07) is 7.96. The van der Waals surface area contributed by atoms with Crippen molar-refractivity contribution >= 4 is 40.1 Å². The van der Waals surface area contributed by atoms with E-state index in [9.17, 15) is 9.59 Å². The maximum atomic E-state index is 12.4. The molecule has 0 saturated carbocycles. The number of anilines is 2. The fourth-order valence-electron chi connectivity index (χ4n) is 3.48. The normalized spacial score (nSPS) is 22.8. The van der Waals surface area contributed by atoms with E-state index in [1.807, 2.05) is 24.3 Å². The first kappa shape index (κ1) is 16.4. The number of carbonyl (C=O) groups is 2. The Bertz CT molecular complexity index is 698. The second-order valence-corrected chi connectivity index (χ2v) is 7.78. The van der Waals surface area contributed by atoms with Gasteiger partial charge in [0.2, 0.25) is 11.8 Å². The van der Waals surface area contributed by atoms with Crippen molar-refractivity contribution in [1.29, 1.82) is 0 Å². The predicted molar refractivity (Wildman–Crippen MR) is 101 cm³/mol. The molecular formula is C18H22N4O2S. The van der Waals surface area contributed by atoms with Crippen LogP contribution >= 0.6 is 11.8 Å². The Kier molecular flexibility index (Phi) is 4.65. The van der Waals surface area contributed by atoms with Crippen LogP contribution in [0.2, 0.25) is 0 Å². The van der Waals surface area contributed by atoms with Gasteiger partial charge in [0.15, 0.2) is 5.17 Å². The molecule has 0 spiro atoms. The molecule has 1 N–H and O–H groups in total. The zero-order valence-corrected chi connectivity index (χ0v) is 14.9. The van der Waals surface area contributed by atoms with E-state index < -0.39 is 0 Å². The van der Waals surface area contributed by atoms with E-state index in [4.69, 9.17) is 0 Å². The summed E-state index contributed by atoms with van der Waals surface area (Å²) in [5, 5.41) is 3.34. The van der Waals surface area contributed by atoms with Crippen LogP contribution in [0.5, 0.6) is 0 Å². The molecule has 3 heterocycles. The van der Waals surface area contributed by atoms with Gasteiger partial charge in [-0.25, -0.2) is 0 Å². The van der Waals surface area contributed by atoms with Gasteiger partial charge in [0.25, 0.3) is 0 Å². The molecule has 2 saturated heterocycles. The molecule has 1 unspecified atom stereocenters. The highest BCUT2D eigenvalue weighted by molar-refractivity contribution is 8.15. The molecule has 7 heteroatoms. The quantitative estimate of drug-likeness (QED) is 0.897. The van der Waals surface area contributed by atoms with Crippen LogP contribution in [-0.4, -0.2) is 53.3 Å². The lowest BCUT2D eigenvalue weighted by atomic mass is 10.2. The van der Waals surface area contributed by atoms with E-state index in [0.29, 0.717) is 0 Å². The number of amides is 2. The van der Waals surface area contributed by atoms with Crippen molar-refractivity contribution in [2.24, 2.45) is 4.99 Å². The molecule has 4 rings (SSSR count). The van der Waals surface area contributed by atoms with Gasteiger partial charge < -0.3 is 10.2 Å². The molecule has 2 fully saturated rings. The third kappa shape index (κ3) is 3.51. The van der Waals surface area contributed by atoms with E-state index in [2.05, 4.69) is 15.2 Å². The minimum atomic E-state index is -0.347. The van der Waals surface area contributed by atoms with Crippen LogP contribution in [0.15, 0.2) is 29.3 Å². The molecule has 25 heavy (non-hydrogen) atoms. The summed E-state index contributed by atoms with van der Waals surface area (Å²) in [7, 11) is 0. The van der Waals surface area contributed by atoms with Crippen LogP contribution in [-0.2, 0) is 9.59 Å². The Morgan fingerprint density at radius 2 is 1.92 bits per heavy atom. The van der Waals surface area contributed by atoms with Crippen molar-refractivity contribution in [3.8, 4) is 0 Å². The first-order valence-electron chi connectivity index (χ1n) is 8.88. The van der Waals surface area contributed by atoms with Crippen LogP contribution in [0.25, 0.3) is 0 Å². The lowest BCUT2D eigenvalue weighted by Gasteiger charge is -2.19. The third-order valence-electron chi connectivity index (χ3n) is 4.80. The molecule has 1 aromatic rings. The number of rotatable bonds is 4. The number of nitrogens with one attached hydrogen (secondary N) is 1. The van der Waals surface area contributed by atoms with E-state index in [0.717, 1.165) is 43.5 Å². The largest absolute Gasteiger partial charge is 0.372 e. The minimum Gasteiger partial charge on any atom is -0.372 e. The Labute approximate surface area is 151 Å². The van der Waals surface area contributed by atoms with Crippen LogP contribution in [0.4, 0.5) is 11.4 Å². The van der Waals surface area contributed by atoms with Crippen molar-refractivity contribution in [1.82, 2.24) is 4.90 Å². The van der Waals surface area contributed by atoms with Crippen LogP contribution in [0.1, 0.15) is 25.7 Å². The number of carbonyl (C=O) groups excluding carboxylic acids is 2. The minimum absolute atomic E-state index is 0.0166. The van der Waals surface area contributed by atoms with Crippen molar-refractivity contribution in [3.05, 3.63) is 24.3 Å². The highest BCUT2D eigenvalue weighted by Crippen LogP contribution is 2.31. The van der Waals surface area contributed by atoms with Crippen molar-refractivity contribution in [2.45, 2.75) is 30.9 Å². The maximum absolute atomic E-state index is 12.4. The summed E-state index contributed by atoms with van der Waals surface area (Å²) < 4.78 is 0. The molecule has 1 atom stereocenters. The molecule has 6 nitrogen and oxygen atoms in total. The van der Waals surface area contributed by atoms with Gasteiger partial charge in [-0.05, 0) is 43.5 Å². The summed E-state index contributed by atoms with van der Waals surface area (Å²) in [6.45, 7) is 3.70. The number of hydrogen-bond acceptors (Lipinski definition) is 5. The number of hydrogen-bond donors (Lipinski definition) is 1. The second kappa shape index (κ2) is 7.07. The van der Waals surface area contributed by atoms with Gasteiger partial charge in [-0.15, -0.1) is 0 Å². The molecule has 1 aromatic carbocycles. The first-order chi connectivity index (χ1) is 12.2. The lowest BCUT2D eigenvalue weighted by Crippen LogP contribution is -2.36. The van der Waals surface area contributed by atoms with Crippen LogP contribution in [0, 0.1) is 0 Å². The number of nitrogens with zero attached hydrogens (tertiary/aromatic N) is 3. The van der Waals surface area contributed by atoms with Crippen LogP contribution < -0.4 is 10.2 Å². The molecule has 3 aliphatic heterocycles. The smallest absolute Gasteiger partial charge is 0.242 e. The fraction of sp³-hybridized carbons (Fsp3) is 0.500. The van der Waals surface area contributed by atoms with Gasteiger partial charge in [-0.1, -0.05) is 11.8 Å². The highest BCUT2D eigenvalue weighted by Gasteiger charge is 2.39. The van der Waals surface area contributed by atoms with E-state index >= 15 is 0 Å². The van der Waals surface area contributed by atoms with E-state index in [-0.39, 0.29) is 23.5 Å². The van der Waals surface area contributed by atoms with Gasteiger partial charge in [0, 0.05) is 44.0 Å². The van der Waals surface area contributed by atoms with E-state index in [1.54, 1.807) is 4.90 Å². The number of fused-ring (bicyclic) bond motifs is 1. The standard InChI is InChI=1S/C18H22N4O2S/c23-16(12-15-17(24)22-11-3-8-19-18(22)25-15)20-13-4-6-14(7-5-13)21-9-1-2-10-21/h4-7,15H,1-3,8-12H2,(H,20,23). The summed E-state index contributed by atoms with van der Waals surface area (Å²) in [6.07, 6.45) is 3.58. The molecular weight excluding hydrogens is 336 g/mol. The Balaban J connectivity index is 1.34. The molecule has 0 bridgehead atoms. The average molecular weight is 358 g/mol. The molecule has 2 amide bonds. The molecule has 0 aliphatic carbocycles. The fourth-order valence-corrected chi connectivity index (χ4v) is 4.67. The molecule has 132 valence electrons. The Morgan fingerprint density at radius 3 is 2.64 bits per heavy atom. The second-order valence-electron chi connectivity index (χ2n) is 6.61. The highest BCUT2D eigenvalue weighted by atomic mass is 32.2. The van der Waals surface area contributed by atoms with Gasteiger partial charge in [-0.3, -0.25) is 19.5 Å².